The van der Waals surface area contributed by atoms with Crippen LogP contribution in [0.25, 0.3) is 11.4 Å². The molecule has 0 unspecified atom stereocenters. The van der Waals surface area contributed by atoms with Crippen LogP contribution in [0.15, 0.2) is 60.7 Å². The molecule has 4 rings (SSSR count). The van der Waals surface area contributed by atoms with Crippen molar-refractivity contribution >= 4 is 23.2 Å². The number of benzene rings is 2. The number of rotatable bonds is 5. The smallest absolute Gasteiger partial charge is 0.163 e. The van der Waals surface area contributed by atoms with Crippen LogP contribution >= 0.6 is 11.6 Å². The van der Waals surface area contributed by atoms with E-state index in [2.05, 4.69) is 22.2 Å². The molecule has 0 atom stereocenters. The van der Waals surface area contributed by atoms with Crippen molar-refractivity contribution in [3.8, 4) is 11.4 Å². The molecule has 1 aliphatic rings. The van der Waals surface area contributed by atoms with Crippen molar-refractivity contribution < 1.29 is 0 Å². The van der Waals surface area contributed by atoms with Crippen LogP contribution in [0.3, 0.4) is 0 Å². The van der Waals surface area contributed by atoms with Gasteiger partial charge in [0.25, 0.3) is 0 Å². The maximum Gasteiger partial charge on any atom is 0.163 e. The second-order valence-corrected chi connectivity index (χ2v) is 7.51. The Kier molecular flexibility index (Phi) is 5.74. The van der Waals surface area contributed by atoms with Crippen molar-refractivity contribution in [2.45, 2.75) is 6.54 Å². The third kappa shape index (κ3) is 4.61. The molecule has 1 saturated heterocycles. The third-order valence-corrected chi connectivity index (χ3v) is 5.21. The molecule has 0 bridgehead atoms. The summed E-state index contributed by atoms with van der Waals surface area (Å²) in [5.74, 6) is 2.55. The van der Waals surface area contributed by atoms with Crippen LogP contribution in [0, 0.1) is 0 Å². The lowest BCUT2D eigenvalue weighted by Gasteiger charge is -2.33. The number of piperazine rings is 1. The monoisotopic (exact) mass is 393 g/mol. The Morgan fingerprint density at radius 2 is 1.64 bits per heavy atom. The van der Waals surface area contributed by atoms with Crippen molar-refractivity contribution in [2.24, 2.45) is 0 Å². The van der Waals surface area contributed by atoms with E-state index in [1.807, 2.05) is 60.7 Å². The zero-order valence-electron chi connectivity index (χ0n) is 16.0. The minimum atomic E-state index is 0.685. The van der Waals surface area contributed by atoms with Gasteiger partial charge in [-0.15, -0.1) is 0 Å². The standard InChI is InChI=1S/C22H24ClN5/c1-27-11-13-28(14-12-27)21-15-20(24-16-17-7-9-19(23)10-8-17)25-22(26-21)18-5-3-2-4-6-18/h2-10,15H,11-14,16H2,1H3,(H,24,25,26). The van der Waals surface area contributed by atoms with Gasteiger partial charge in [-0.05, 0) is 24.7 Å². The normalized spacial score (nSPS) is 14.9. The summed E-state index contributed by atoms with van der Waals surface area (Å²) in [5, 5.41) is 4.19. The number of halogens is 1. The lowest BCUT2D eigenvalue weighted by Crippen LogP contribution is -2.44. The number of nitrogens with one attached hydrogen (secondary N) is 1. The number of likely N-dealkylation sites (N-methyl/N-ethyl adjacent to an activating group) is 1. The van der Waals surface area contributed by atoms with Crippen molar-refractivity contribution in [1.29, 1.82) is 0 Å². The summed E-state index contributed by atoms with van der Waals surface area (Å²) in [5.41, 5.74) is 2.18. The van der Waals surface area contributed by atoms with Crippen LogP contribution in [-0.4, -0.2) is 48.1 Å². The summed E-state index contributed by atoms with van der Waals surface area (Å²) in [6, 6.07) is 20.0. The fourth-order valence-electron chi connectivity index (χ4n) is 3.23. The molecule has 1 aromatic heterocycles. The fourth-order valence-corrected chi connectivity index (χ4v) is 3.36. The lowest BCUT2D eigenvalue weighted by molar-refractivity contribution is 0.312. The summed E-state index contributed by atoms with van der Waals surface area (Å²) < 4.78 is 0. The first-order valence-electron chi connectivity index (χ1n) is 9.54. The van der Waals surface area contributed by atoms with Gasteiger partial charge in [-0.1, -0.05) is 54.1 Å². The molecule has 28 heavy (non-hydrogen) atoms. The molecule has 0 aliphatic carbocycles. The van der Waals surface area contributed by atoms with Crippen LogP contribution in [0.4, 0.5) is 11.6 Å². The second-order valence-electron chi connectivity index (χ2n) is 7.07. The SMILES string of the molecule is CN1CCN(c2cc(NCc3ccc(Cl)cc3)nc(-c3ccccc3)n2)CC1. The van der Waals surface area contributed by atoms with Crippen LogP contribution in [0.5, 0.6) is 0 Å². The fraction of sp³-hybridized carbons (Fsp3) is 0.273. The van der Waals surface area contributed by atoms with Crippen LogP contribution in [-0.2, 0) is 6.54 Å². The minimum Gasteiger partial charge on any atom is -0.366 e. The number of nitrogens with zero attached hydrogens (tertiary/aromatic N) is 4. The summed E-state index contributed by atoms with van der Waals surface area (Å²) in [6.07, 6.45) is 0. The van der Waals surface area contributed by atoms with Crippen molar-refractivity contribution in [1.82, 2.24) is 14.9 Å². The molecule has 6 heteroatoms. The maximum atomic E-state index is 5.98. The van der Waals surface area contributed by atoms with Gasteiger partial charge in [0.15, 0.2) is 5.82 Å². The van der Waals surface area contributed by atoms with E-state index in [1.54, 1.807) is 0 Å². The number of aromatic nitrogens is 2. The Morgan fingerprint density at radius 1 is 0.929 bits per heavy atom. The quantitative estimate of drug-likeness (QED) is 0.705. The highest BCUT2D eigenvalue weighted by Crippen LogP contribution is 2.24. The molecule has 2 aromatic carbocycles. The van der Waals surface area contributed by atoms with Crippen molar-refractivity contribution in [3.05, 3.63) is 71.2 Å². The molecule has 3 aromatic rings. The summed E-state index contributed by atoms with van der Waals surface area (Å²) >= 11 is 5.98. The molecule has 2 heterocycles. The van der Waals surface area contributed by atoms with Crippen molar-refractivity contribution in [3.63, 3.8) is 0 Å². The van der Waals surface area contributed by atoms with E-state index in [-0.39, 0.29) is 0 Å². The third-order valence-electron chi connectivity index (χ3n) is 4.96. The molecular weight excluding hydrogens is 370 g/mol. The Balaban J connectivity index is 1.60. The molecule has 0 saturated carbocycles. The Hall–Kier alpha value is -2.63. The van der Waals surface area contributed by atoms with Gasteiger partial charge >= 0.3 is 0 Å². The highest BCUT2D eigenvalue weighted by molar-refractivity contribution is 6.30. The van der Waals surface area contributed by atoms with Gasteiger partial charge in [-0.3, -0.25) is 0 Å². The molecule has 1 fully saturated rings. The molecule has 144 valence electrons. The first kappa shape index (κ1) is 18.7. The van der Waals surface area contributed by atoms with E-state index in [9.17, 15) is 0 Å². The highest BCUT2D eigenvalue weighted by Gasteiger charge is 2.17. The minimum absolute atomic E-state index is 0.685. The molecular formula is C22H24ClN5. The van der Waals surface area contributed by atoms with Gasteiger partial charge in [-0.25, -0.2) is 9.97 Å². The number of hydrogen-bond acceptors (Lipinski definition) is 5. The van der Waals surface area contributed by atoms with E-state index in [0.717, 1.165) is 59.8 Å². The molecule has 1 aliphatic heterocycles. The zero-order chi connectivity index (χ0) is 19.3. The Labute approximate surface area is 171 Å². The van der Waals surface area contributed by atoms with E-state index < -0.39 is 0 Å². The van der Waals surface area contributed by atoms with Gasteiger partial charge in [0.05, 0.1) is 0 Å². The summed E-state index contributed by atoms with van der Waals surface area (Å²) in [4.78, 5) is 14.3. The highest BCUT2D eigenvalue weighted by atomic mass is 35.5. The predicted molar refractivity (Wildman–Crippen MR) is 116 cm³/mol. The number of hydrogen-bond donors (Lipinski definition) is 1. The lowest BCUT2D eigenvalue weighted by atomic mass is 10.2. The average Bonchev–Trinajstić information content (AvgIpc) is 2.74. The summed E-state index contributed by atoms with van der Waals surface area (Å²) in [7, 11) is 2.16. The van der Waals surface area contributed by atoms with Crippen molar-refractivity contribution in [2.75, 3.05) is 43.4 Å². The van der Waals surface area contributed by atoms with Gasteiger partial charge < -0.3 is 15.1 Å². The van der Waals surface area contributed by atoms with E-state index in [1.165, 1.54) is 0 Å². The largest absolute Gasteiger partial charge is 0.366 e. The maximum absolute atomic E-state index is 5.98. The molecule has 0 spiro atoms. The second kappa shape index (κ2) is 8.59. The molecule has 0 amide bonds. The molecule has 1 N–H and O–H groups in total. The van der Waals surface area contributed by atoms with Crippen LogP contribution in [0.2, 0.25) is 5.02 Å². The zero-order valence-corrected chi connectivity index (χ0v) is 16.7. The Bertz CT molecular complexity index is 906. The topological polar surface area (TPSA) is 44.3 Å². The first-order valence-corrected chi connectivity index (χ1v) is 9.91. The number of anilines is 2. The Morgan fingerprint density at radius 3 is 2.36 bits per heavy atom. The van der Waals surface area contributed by atoms with E-state index >= 15 is 0 Å². The van der Waals surface area contributed by atoms with E-state index in [4.69, 9.17) is 21.6 Å². The first-order chi connectivity index (χ1) is 13.7. The predicted octanol–water partition coefficient (Wildman–Crippen LogP) is 4.16. The van der Waals surface area contributed by atoms with E-state index in [0.29, 0.717) is 6.54 Å². The van der Waals surface area contributed by atoms with Gasteiger partial charge in [0.2, 0.25) is 0 Å². The molecule has 5 nitrogen and oxygen atoms in total. The molecule has 0 radical (unpaired) electrons. The van der Waals surface area contributed by atoms with Gasteiger partial charge in [0, 0.05) is 49.4 Å². The average molecular weight is 394 g/mol. The van der Waals surface area contributed by atoms with Crippen LogP contribution < -0.4 is 10.2 Å². The van der Waals surface area contributed by atoms with Gasteiger partial charge in [0.1, 0.15) is 11.6 Å². The summed E-state index contributed by atoms with van der Waals surface area (Å²) in [6.45, 7) is 4.71. The van der Waals surface area contributed by atoms with Crippen LogP contribution in [0.1, 0.15) is 5.56 Å². The van der Waals surface area contributed by atoms with Gasteiger partial charge in [-0.2, -0.15) is 0 Å².